The summed E-state index contributed by atoms with van der Waals surface area (Å²) in [6, 6.07) is 0. The predicted octanol–water partition coefficient (Wildman–Crippen LogP) is -0.214. The van der Waals surface area contributed by atoms with Crippen LogP contribution in [-0.2, 0) is 28.5 Å². The third-order valence-electron chi connectivity index (χ3n) is 17.3. The molecule has 2 aliphatic heterocycles. The number of rotatable bonds is 6. The van der Waals surface area contributed by atoms with Crippen LogP contribution in [0.25, 0.3) is 0 Å². The molecule has 0 spiro atoms. The lowest BCUT2D eigenvalue weighted by atomic mass is 9.33. The van der Waals surface area contributed by atoms with Crippen LogP contribution in [0.1, 0.15) is 99.3 Å². The van der Waals surface area contributed by atoms with E-state index < -0.39 is 138 Å². The normalized spacial score (nSPS) is 53.8. The number of allylic oxidation sites excluding steroid dienone is 2. The van der Waals surface area contributed by atoms with Gasteiger partial charge in [0.15, 0.2) is 0 Å². The van der Waals surface area contributed by atoms with E-state index in [-0.39, 0.29) is 24.2 Å². The molecule has 0 aromatic rings. The maximum Gasteiger partial charge on any atom is 0.317 e. The van der Waals surface area contributed by atoms with Crippen molar-refractivity contribution in [2.24, 2.45) is 50.2 Å². The summed E-state index contributed by atoms with van der Waals surface area (Å²) in [6.07, 6.45) is -12.1. The SMILES string of the molecule is CC1(C)CCC2(C(=O)OC3OC(CO)C(O)C(O)C3O)C(O)CC3(C)C(=CCC4C5(C)CCC(O)C(C)(C(=O)OC6OC(CO)C(O)C(O)C6O)C5CCC43C)C2C1. The average molecular weight is 827 g/mol. The van der Waals surface area contributed by atoms with E-state index in [9.17, 15) is 60.7 Å². The molecule has 16 heteroatoms. The van der Waals surface area contributed by atoms with Crippen LogP contribution in [0, 0.1) is 50.2 Å². The minimum absolute atomic E-state index is 0.0447. The minimum atomic E-state index is -1.79. The van der Waals surface area contributed by atoms with Gasteiger partial charge in [-0.05, 0) is 104 Å². The molecule has 2 saturated heterocycles. The van der Waals surface area contributed by atoms with Gasteiger partial charge in [-0.3, -0.25) is 9.59 Å². The van der Waals surface area contributed by atoms with E-state index in [0.717, 1.165) is 5.57 Å². The third kappa shape index (κ3) is 6.21. The molecule has 20 unspecified atom stereocenters. The number of fused-ring (bicyclic) bond motifs is 7. The Balaban J connectivity index is 1.21. The Morgan fingerprint density at radius 3 is 1.76 bits per heavy atom. The lowest BCUT2D eigenvalue weighted by molar-refractivity contribution is -0.301. The van der Waals surface area contributed by atoms with Gasteiger partial charge in [0.2, 0.25) is 12.6 Å². The molecule has 0 bridgehead atoms. The van der Waals surface area contributed by atoms with Crippen molar-refractivity contribution in [3.63, 3.8) is 0 Å². The number of aliphatic hydroxyl groups is 10. The zero-order chi connectivity index (χ0) is 42.7. The maximum absolute atomic E-state index is 14.6. The number of carbonyl (C=O) groups excluding carboxylic acids is 2. The highest BCUT2D eigenvalue weighted by atomic mass is 16.7. The fraction of sp³-hybridized carbons (Fsp3) is 0.905. The Bertz CT molecular complexity index is 1620. The van der Waals surface area contributed by atoms with Crippen LogP contribution in [0.4, 0.5) is 0 Å². The molecular formula is C42H66O16. The van der Waals surface area contributed by atoms with Crippen molar-refractivity contribution in [1.29, 1.82) is 0 Å². The Morgan fingerprint density at radius 2 is 1.21 bits per heavy atom. The second-order valence-corrected chi connectivity index (χ2v) is 20.5. The van der Waals surface area contributed by atoms with E-state index >= 15 is 0 Å². The molecule has 5 aliphatic carbocycles. The molecular weight excluding hydrogens is 760 g/mol. The highest BCUT2D eigenvalue weighted by molar-refractivity contribution is 5.80. The maximum atomic E-state index is 14.6. The summed E-state index contributed by atoms with van der Waals surface area (Å²) in [4.78, 5) is 28.9. The lowest BCUT2D eigenvalue weighted by Gasteiger charge is -2.71. The van der Waals surface area contributed by atoms with Crippen molar-refractivity contribution in [2.45, 2.75) is 173 Å². The number of hydrogen-bond acceptors (Lipinski definition) is 16. The Hall–Kier alpha value is -1.80. The molecule has 20 atom stereocenters. The third-order valence-corrected chi connectivity index (χ3v) is 17.3. The van der Waals surface area contributed by atoms with Crippen LogP contribution >= 0.6 is 0 Å². The van der Waals surface area contributed by atoms with Gasteiger partial charge < -0.3 is 70.0 Å². The first kappa shape index (κ1) is 44.3. The molecule has 10 N–H and O–H groups in total. The molecule has 0 radical (unpaired) electrons. The molecule has 4 saturated carbocycles. The minimum Gasteiger partial charge on any atom is -0.432 e. The van der Waals surface area contributed by atoms with Gasteiger partial charge >= 0.3 is 11.9 Å². The number of aliphatic hydroxyl groups excluding tert-OH is 10. The Kier molecular flexibility index (Phi) is 11.4. The lowest BCUT2D eigenvalue weighted by Crippen LogP contribution is -2.69. The van der Waals surface area contributed by atoms with Crippen LogP contribution in [0.15, 0.2) is 11.6 Å². The van der Waals surface area contributed by atoms with E-state index in [1.165, 1.54) is 0 Å². The van der Waals surface area contributed by atoms with Gasteiger partial charge in [0.25, 0.3) is 0 Å². The first-order valence-corrected chi connectivity index (χ1v) is 21.1. The Morgan fingerprint density at radius 1 is 0.655 bits per heavy atom. The summed E-state index contributed by atoms with van der Waals surface area (Å²) in [5.74, 6) is -2.49. The summed E-state index contributed by atoms with van der Waals surface area (Å²) in [7, 11) is 0. The van der Waals surface area contributed by atoms with E-state index in [0.29, 0.717) is 44.9 Å². The van der Waals surface area contributed by atoms with Crippen LogP contribution in [0.3, 0.4) is 0 Å². The van der Waals surface area contributed by atoms with Crippen LogP contribution in [0.5, 0.6) is 0 Å². The van der Waals surface area contributed by atoms with Gasteiger partial charge in [-0.25, -0.2) is 0 Å². The van der Waals surface area contributed by atoms with Crippen molar-refractivity contribution < 1.29 is 79.6 Å². The second-order valence-electron chi connectivity index (χ2n) is 20.5. The average Bonchev–Trinajstić information content (AvgIpc) is 3.16. The number of esters is 2. The topological polar surface area (TPSA) is 273 Å². The predicted molar refractivity (Wildman–Crippen MR) is 200 cm³/mol. The summed E-state index contributed by atoms with van der Waals surface area (Å²) < 4.78 is 22.7. The zero-order valence-corrected chi connectivity index (χ0v) is 34.4. The van der Waals surface area contributed by atoms with Crippen molar-refractivity contribution in [3.05, 3.63) is 11.6 Å². The molecule has 58 heavy (non-hydrogen) atoms. The Labute approximate surface area is 339 Å². The van der Waals surface area contributed by atoms with Gasteiger partial charge in [-0.2, -0.15) is 0 Å². The summed E-state index contributed by atoms with van der Waals surface area (Å²) in [5, 5.41) is 107. The van der Waals surface area contributed by atoms with Crippen LogP contribution in [0.2, 0.25) is 0 Å². The van der Waals surface area contributed by atoms with Crippen LogP contribution in [-0.4, -0.2) is 150 Å². The highest BCUT2D eigenvalue weighted by Crippen LogP contribution is 2.76. The van der Waals surface area contributed by atoms with Gasteiger partial charge in [-0.15, -0.1) is 0 Å². The van der Waals surface area contributed by atoms with E-state index in [1.54, 1.807) is 6.92 Å². The van der Waals surface area contributed by atoms with Gasteiger partial charge in [0, 0.05) is 0 Å². The van der Waals surface area contributed by atoms with Crippen molar-refractivity contribution in [3.8, 4) is 0 Å². The van der Waals surface area contributed by atoms with E-state index in [1.807, 2.05) is 0 Å². The quantitative estimate of drug-likeness (QED) is 0.123. The first-order valence-electron chi connectivity index (χ1n) is 21.1. The zero-order valence-electron chi connectivity index (χ0n) is 34.4. The van der Waals surface area contributed by atoms with Gasteiger partial charge in [0.1, 0.15) is 54.2 Å². The molecule has 7 aliphatic rings. The molecule has 330 valence electrons. The standard InChI is InChI=1S/C42H66O16/c1-37(2)13-14-42(36(54)58-34-32(52)30(50)28(48)22(18-44)56-34)20(15-37)19-7-8-23-38(3)11-10-25(45)41(6,24(38)9-12-39(23,4)40(19,5)16-26(42)46)35(53)57-33-31(51)29(49)27(47)21(17-43)55-33/h7,20-34,43-52H,8-18H2,1-6H3. The summed E-state index contributed by atoms with van der Waals surface area (Å²) in [5.41, 5.74) is -3.64. The monoisotopic (exact) mass is 826 g/mol. The first-order chi connectivity index (χ1) is 27.0. The van der Waals surface area contributed by atoms with Crippen molar-refractivity contribution in [1.82, 2.24) is 0 Å². The largest absolute Gasteiger partial charge is 0.432 e. The van der Waals surface area contributed by atoms with Crippen molar-refractivity contribution in [2.75, 3.05) is 13.2 Å². The molecule has 6 fully saturated rings. The summed E-state index contributed by atoms with van der Waals surface area (Å²) in [6.45, 7) is 11.1. The van der Waals surface area contributed by atoms with E-state index in [2.05, 4.69) is 40.7 Å². The fourth-order valence-electron chi connectivity index (χ4n) is 13.4. The molecule has 7 rings (SSSR count). The molecule has 2 heterocycles. The number of ether oxygens (including phenoxy) is 4. The second kappa shape index (κ2) is 14.9. The van der Waals surface area contributed by atoms with Crippen LogP contribution < -0.4 is 0 Å². The highest BCUT2D eigenvalue weighted by Gasteiger charge is 2.73. The van der Waals surface area contributed by atoms with Crippen molar-refractivity contribution >= 4 is 11.9 Å². The van der Waals surface area contributed by atoms with E-state index in [4.69, 9.17) is 18.9 Å². The fourth-order valence-corrected chi connectivity index (χ4v) is 13.4. The molecule has 0 aromatic heterocycles. The van der Waals surface area contributed by atoms with Gasteiger partial charge in [0.05, 0.1) is 30.8 Å². The number of hydrogen-bond donors (Lipinski definition) is 10. The smallest absolute Gasteiger partial charge is 0.317 e. The molecule has 0 amide bonds. The molecule has 0 aromatic carbocycles. The molecule has 16 nitrogen and oxygen atoms in total. The van der Waals surface area contributed by atoms with Gasteiger partial charge in [-0.1, -0.05) is 46.3 Å². The number of carbonyl (C=O) groups is 2. The summed E-state index contributed by atoms with van der Waals surface area (Å²) >= 11 is 0.